The Hall–Kier alpha value is -3.31. The maximum absolute atomic E-state index is 12.5. The lowest BCUT2D eigenvalue weighted by atomic mass is 9.92. The van der Waals surface area contributed by atoms with Gasteiger partial charge >= 0.3 is 5.97 Å². The van der Waals surface area contributed by atoms with E-state index in [4.69, 9.17) is 14.6 Å². The minimum atomic E-state index is -1.06. The molecule has 0 spiro atoms. The minimum absolute atomic E-state index is 0.0136. The van der Waals surface area contributed by atoms with E-state index in [0.29, 0.717) is 0 Å². The van der Waals surface area contributed by atoms with Crippen molar-refractivity contribution in [1.29, 1.82) is 0 Å². The van der Waals surface area contributed by atoms with Gasteiger partial charge in [-0.1, -0.05) is 75.0 Å². The number of likely N-dealkylation sites (tertiary alicyclic amines) is 1. The molecule has 4 N–H and O–H groups in total. The molecule has 2 heterocycles. The molecule has 2 fully saturated rings. The van der Waals surface area contributed by atoms with Crippen LogP contribution in [0.4, 0.5) is 0 Å². The Balaban J connectivity index is 1.92. The average Bonchev–Trinajstić information content (AvgIpc) is 3.12. The van der Waals surface area contributed by atoms with Crippen LogP contribution in [0.3, 0.4) is 0 Å². The molecule has 0 saturated carbocycles. The molecular weight excluding hydrogens is 542 g/mol. The molecule has 0 aromatic rings. The van der Waals surface area contributed by atoms with E-state index in [2.05, 4.69) is 26.8 Å². The van der Waals surface area contributed by atoms with Crippen LogP contribution in [0.5, 0.6) is 0 Å². The summed E-state index contributed by atoms with van der Waals surface area (Å²) in [5.74, 6) is -2.47. The van der Waals surface area contributed by atoms with Gasteiger partial charge in [-0.15, -0.1) is 0 Å². The first-order chi connectivity index (χ1) is 19.7. The Morgan fingerprint density at radius 3 is 2.21 bits per heavy atom. The Labute approximate surface area is 248 Å². The van der Waals surface area contributed by atoms with Crippen molar-refractivity contribution in [3.05, 3.63) is 71.6 Å². The maximum Gasteiger partial charge on any atom is 0.303 e. The number of carbonyl (C=O) groups is 3. The van der Waals surface area contributed by atoms with Gasteiger partial charge in [0.25, 0.3) is 5.91 Å². The van der Waals surface area contributed by atoms with Crippen molar-refractivity contribution in [2.24, 2.45) is 11.8 Å². The molecule has 10 heteroatoms. The average molecular weight is 588 g/mol. The molecule has 0 aromatic heterocycles. The number of ether oxygens (including phenoxy) is 2. The molecule has 10 nitrogen and oxygen atoms in total. The van der Waals surface area contributed by atoms with Gasteiger partial charge in [0.15, 0.2) is 12.1 Å². The number of likely N-dealkylation sites (N-methyl/N-ethyl adjacent to an activating group) is 1. The van der Waals surface area contributed by atoms with Crippen LogP contribution in [0.25, 0.3) is 0 Å². The van der Waals surface area contributed by atoms with E-state index >= 15 is 0 Å². The molecule has 0 radical (unpaired) electrons. The second-order valence-corrected chi connectivity index (χ2v) is 11.2. The van der Waals surface area contributed by atoms with Gasteiger partial charge < -0.3 is 34.8 Å². The number of carbonyl (C=O) groups excluding carboxylic acids is 2. The Morgan fingerprint density at radius 1 is 1.05 bits per heavy atom. The summed E-state index contributed by atoms with van der Waals surface area (Å²) in [5, 5.41) is 39.1. The van der Waals surface area contributed by atoms with Crippen molar-refractivity contribution < 1.29 is 44.3 Å². The molecule has 2 saturated heterocycles. The largest absolute Gasteiger partial charge is 0.507 e. The lowest BCUT2D eigenvalue weighted by Crippen LogP contribution is -2.49. The second-order valence-electron chi connectivity index (χ2n) is 11.2. The van der Waals surface area contributed by atoms with Crippen LogP contribution in [0, 0.1) is 11.8 Å². The van der Waals surface area contributed by atoms with E-state index in [1.165, 1.54) is 19.2 Å². The lowest BCUT2D eigenvalue weighted by molar-refractivity contribution is -0.267. The van der Waals surface area contributed by atoms with Crippen LogP contribution >= 0.6 is 0 Å². The molecule has 42 heavy (non-hydrogen) atoms. The van der Waals surface area contributed by atoms with E-state index in [1.54, 1.807) is 25.2 Å². The van der Waals surface area contributed by atoms with Gasteiger partial charge in [0.2, 0.25) is 0 Å². The predicted octanol–water partition coefficient (Wildman–Crippen LogP) is 3.78. The smallest absolute Gasteiger partial charge is 0.303 e. The third-order valence-corrected chi connectivity index (χ3v) is 7.29. The fraction of sp³-hybridized carbons (Fsp3) is 0.531. The number of carboxylic acids is 1. The van der Waals surface area contributed by atoms with Crippen LogP contribution < -0.4 is 0 Å². The number of aliphatic carboxylic acids is 1. The number of amides is 1. The van der Waals surface area contributed by atoms with Gasteiger partial charge in [0.05, 0.1) is 24.4 Å². The van der Waals surface area contributed by atoms with Crippen molar-refractivity contribution in [1.82, 2.24) is 4.90 Å². The third kappa shape index (κ3) is 9.90. The molecule has 3 unspecified atom stereocenters. The molecular formula is C32H45NO9. The van der Waals surface area contributed by atoms with E-state index in [0.717, 1.165) is 10.5 Å². The molecule has 2 aliphatic heterocycles. The Bertz CT molecular complexity index is 1130. The molecule has 7 atom stereocenters. The van der Waals surface area contributed by atoms with Gasteiger partial charge in [0.1, 0.15) is 17.4 Å². The second kappa shape index (κ2) is 16.4. The van der Waals surface area contributed by atoms with Crippen molar-refractivity contribution in [2.45, 2.75) is 90.6 Å². The number of ketones is 1. The third-order valence-electron chi connectivity index (χ3n) is 7.29. The lowest BCUT2D eigenvalue weighted by Gasteiger charge is -2.38. The molecule has 232 valence electrons. The van der Waals surface area contributed by atoms with Gasteiger partial charge in [-0.25, -0.2) is 0 Å². The van der Waals surface area contributed by atoms with E-state index in [9.17, 15) is 29.7 Å². The first kappa shape index (κ1) is 34.9. The van der Waals surface area contributed by atoms with Gasteiger partial charge in [-0.05, 0) is 32.3 Å². The first-order valence-corrected chi connectivity index (χ1v) is 14.2. The fourth-order valence-electron chi connectivity index (χ4n) is 5.02. The summed E-state index contributed by atoms with van der Waals surface area (Å²) >= 11 is 0. The summed E-state index contributed by atoms with van der Waals surface area (Å²) in [6, 6.07) is -0.896. The zero-order valence-electron chi connectivity index (χ0n) is 25.2. The maximum atomic E-state index is 12.5. The van der Waals surface area contributed by atoms with E-state index in [-0.39, 0.29) is 42.8 Å². The predicted molar refractivity (Wildman–Crippen MR) is 158 cm³/mol. The number of carboxylic acid groups (broad SMARTS) is 1. The van der Waals surface area contributed by atoms with Crippen molar-refractivity contribution >= 4 is 17.7 Å². The number of aliphatic hydroxyl groups excluding tert-OH is 3. The molecule has 2 rings (SSSR count). The number of nitrogens with zero attached hydrogens (tertiary/aromatic N) is 1. The Kier molecular flexibility index (Phi) is 13.6. The fourth-order valence-corrected chi connectivity index (χ4v) is 5.02. The SMILES string of the molecule is CC(/C=C/C=C/C=C/C=C/C(O)=C1/C(=O)C(CCC(=O)O)N(C)C1=O)=C\C(C)C(O[C@H]1C[C@H](O)[C@H](O)[C@@H](C)O1)C(C)C. The van der Waals surface area contributed by atoms with Gasteiger partial charge in [-0.3, -0.25) is 14.4 Å². The molecule has 0 aliphatic carbocycles. The number of Topliss-reactive ketones (excluding diaryl/α,β-unsaturated/α-hetero) is 1. The molecule has 0 bridgehead atoms. The summed E-state index contributed by atoms with van der Waals surface area (Å²) in [6.45, 7) is 9.91. The highest BCUT2D eigenvalue weighted by atomic mass is 16.7. The highest BCUT2D eigenvalue weighted by Gasteiger charge is 2.42. The standard InChI is InChI=1S/C32H45NO9/c1-19(2)31(42-27-18-25(35)29(38)22(5)41-27)21(4)17-20(3)13-11-9-7-8-10-12-14-24(34)28-30(39)23(15-16-26(36)37)33(6)32(28)40/h7-14,17,19,21-23,25,27,29,31,34-35,38H,15-16,18H2,1-6H3,(H,36,37)/b9-7+,10-8+,13-11+,14-12+,20-17+,28-24+/t21?,22-,23?,25+,27+,29-,31?/m1/s1. The van der Waals surface area contributed by atoms with Crippen LogP contribution in [-0.4, -0.2) is 86.8 Å². The topological polar surface area (TPSA) is 154 Å². The van der Waals surface area contributed by atoms with Crippen LogP contribution in [-0.2, 0) is 23.9 Å². The number of allylic oxidation sites excluding steroid dienone is 9. The number of rotatable bonds is 13. The van der Waals surface area contributed by atoms with E-state index < -0.39 is 54.1 Å². The zero-order valence-corrected chi connectivity index (χ0v) is 25.2. The highest BCUT2D eigenvalue weighted by Crippen LogP contribution is 2.28. The summed E-state index contributed by atoms with van der Waals surface area (Å²) in [4.78, 5) is 36.9. The van der Waals surface area contributed by atoms with Crippen LogP contribution in [0.2, 0.25) is 0 Å². The number of hydrogen-bond acceptors (Lipinski definition) is 8. The number of hydrogen-bond donors (Lipinski definition) is 4. The Morgan fingerprint density at radius 2 is 1.64 bits per heavy atom. The normalized spacial score (nSPS) is 28.7. The van der Waals surface area contributed by atoms with Gasteiger partial charge in [0, 0.05) is 25.8 Å². The van der Waals surface area contributed by atoms with Crippen molar-refractivity contribution in [2.75, 3.05) is 7.05 Å². The minimum Gasteiger partial charge on any atom is -0.507 e. The molecule has 2 aliphatic rings. The summed E-state index contributed by atoms with van der Waals surface area (Å²) in [6.07, 6.45) is 12.6. The quantitative estimate of drug-likeness (QED) is 0.109. The van der Waals surface area contributed by atoms with Crippen LogP contribution in [0.1, 0.15) is 53.9 Å². The first-order valence-electron chi connectivity index (χ1n) is 14.2. The molecule has 1 amide bonds. The molecule has 0 aromatic carbocycles. The van der Waals surface area contributed by atoms with Crippen molar-refractivity contribution in [3.8, 4) is 0 Å². The number of aliphatic hydroxyl groups is 3. The van der Waals surface area contributed by atoms with Crippen LogP contribution in [0.15, 0.2) is 71.6 Å². The zero-order chi connectivity index (χ0) is 31.6. The summed E-state index contributed by atoms with van der Waals surface area (Å²) < 4.78 is 11.9. The monoisotopic (exact) mass is 587 g/mol. The van der Waals surface area contributed by atoms with Gasteiger partial charge in [-0.2, -0.15) is 0 Å². The summed E-state index contributed by atoms with van der Waals surface area (Å²) in [5.41, 5.74) is 0.697. The van der Waals surface area contributed by atoms with Crippen molar-refractivity contribution in [3.63, 3.8) is 0 Å². The van der Waals surface area contributed by atoms with E-state index in [1.807, 2.05) is 25.2 Å². The highest BCUT2D eigenvalue weighted by molar-refractivity contribution is 6.27. The summed E-state index contributed by atoms with van der Waals surface area (Å²) in [7, 11) is 1.41.